The molecule has 1 aliphatic heterocycles. The second-order valence-electron chi connectivity index (χ2n) is 4.58. The minimum absolute atomic E-state index is 0.0824. The smallest absolute Gasteiger partial charge is 0.230 e. The summed E-state index contributed by atoms with van der Waals surface area (Å²) >= 11 is 0. The van der Waals surface area contributed by atoms with Gasteiger partial charge in [0.2, 0.25) is 6.79 Å². The number of carbonyl (C=O) groups is 1. The van der Waals surface area contributed by atoms with Crippen LogP contribution in [0.5, 0.6) is 0 Å². The Hall–Kier alpha value is -1.25. The molecule has 3 rings (SSSR count). The van der Waals surface area contributed by atoms with Crippen LogP contribution in [-0.2, 0) is 14.3 Å². The largest absolute Gasteiger partial charge is 0.458 e. The van der Waals surface area contributed by atoms with Crippen molar-refractivity contribution in [2.24, 2.45) is 11.3 Å². The Morgan fingerprint density at radius 3 is 2.93 bits per heavy atom. The highest BCUT2D eigenvalue weighted by molar-refractivity contribution is 5.85. The molecule has 3 aliphatic rings. The van der Waals surface area contributed by atoms with Gasteiger partial charge in [0.25, 0.3) is 0 Å². The zero-order chi connectivity index (χ0) is 10.5. The Labute approximate surface area is 88.7 Å². The van der Waals surface area contributed by atoms with Crippen LogP contribution in [0.15, 0.2) is 23.7 Å². The molecule has 1 unspecified atom stereocenters. The molecular formula is C12H14O3. The topological polar surface area (TPSA) is 35.5 Å². The van der Waals surface area contributed by atoms with Crippen LogP contribution in [0.4, 0.5) is 0 Å². The van der Waals surface area contributed by atoms with E-state index < -0.39 is 0 Å². The number of carbonyl (C=O) groups excluding carboxylic acids is 1. The van der Waals surface area contributed by atoms with Crippen LogP contribution < -0.4 is 0 Å². The first-order chi connectivity index (χ1) is 7.22. The molecule has 0 saturated heterocycles. The van der Waals surface area contributed by atoms with E-state index in [2.05, 4.69) is 6.08 Å². The summed E-state index contributed by atoms with van der Waals surface area (Å²) in [6.07, 6.45) is 6.95. The van der Waals surface area contributed by atoms with Crippen LogP contribution in [0.1, 0.15) is 26.2 Å². The highest BCUT2D eigenvalue weighted by Crippen LogP contribution is 2.56. The van der Waals surface area contributed by atoms with Gasteiger partial charge in [0.15, 0.2) is 5.76 Å². The van der Waals surface area contributed by atoms with E-state index in [0.29, 0.717) is 18.5 Å². The van der Waals surface area contributed by atoms with Crippen molar-refractivity contribution in [3.05, 3.63) is 23.7 Å². The van der Waals surface area contributed by atoms with Crippen molar-refractivity contribution in [2.75, 3.05) is 6.79 Å². The summed E-state index contributed by atoms with van der Waals surface area (Å²) in [5.74, 6) is 2.41. The molecular weight excluding hydrogens is 192 g/mol. The van der Waals surface area contributed by atoms with Crippen molar-refractivity contribution < 1.29 is 14.3 Å². The minimum atomic E-state index is -0.0824. The maximum Gasteiger partial charge on any atom is 0.230 e. The lowest BCUT2D eigenvalue weighted by atomic mass is 9.80. The van der Waals surface area contributed by atoms with Crippen LogP contribution >= 0.6 is 0 Å². The molecule has 0 spiro atoms. The van der Waals surface area contributed by atoms with E-state index in [1.165, 1.54) is 0 Å². The summed E-state index contributed by atoms with van der Waals surface area (Å²) in [6.45, 7) is 2.03. The minimum Gasteiger partial charge on any atom is -0.458 e. The Morgan fingerprint density at radius 1 is 1.47 bits per heavy atom. The summed E-state index contributed by atoms with van der Waals surface area (Å²) in [4.78, 5) is 11.6. The Morgan fingerprint density at radius 2 is 2.27 bits per heavy atom. The molecule has 0 radical (unpaired) electrons. The normalized spacial score (nSPS) is 30.6. The van der Waals surface area contributed by atoms with Gasteiger partial charge in [-0.15, -0.1) is 0 Å². The third-order valence-corrected chi connectivity index (χ3v) is 3.81. The van der Waals surface area contributed by atoms with Gasteiger partial charge in [0, 0.05) is 11.8 Å². The van der Waals surface area contributed by atoms with E-state index in [4.69, 9.17) is 9.47 Å². The van der Waals surface area contributed by atoms with E-state index in [0.717, 1.165) is 30.8 Å². The van der Waals surface area contributed by atoms with Crippen LogP contribution in [0, 0.1) is 11.3 Å². The van der Waals surface area contributed by atoms with Crippen molar-refractivity contribution in [3.63, 3.8) is 0 Å². The van der Waals surface area contributed by atoms with E-state index in [-0.39, 0.29) is 5.41 Å². The molecule has 1 atom stereocenters. The lowest BCUT2D eigenvalue weighted by Crippen LogP contribution is -2.24. The SMILES string of the molecule is CC(=O)C1(C2C=CC3=C(C2)OCO3)CC1. The number of ether oxygens (including phenoxy) is 2. The molecule has 1 heterocycles. The van der Waals surface area contributed by atoms with E-state index in [9.17, 15) is 4.79 Å². The first-order valence-electron chi connectivity index (χ1n) is 5.40. The highest BCUT2D eigenvalue weighted by Gasteiger charge is 2.53. The van der Waals surface area contributed by atoms with Gasteiger partial charge in [-0.1, -0.05) is 6.08 Å². The van der Waals surface area contributed by atoms with Gasteiger partial charge in [-0.25, -0.2) is 0 Å². The molecule has 15 heavy (non-hydrogen) atoms. The number of allylic oxidation sites excluding steroid dienone is 3. The van der Waals surface area contributed by atoms with Gasteiger partial charge in [-0.2, -0.15) is 0 Å². The van der Waals surface area contributed by atoms with E-state index in [1.807, 2.05) is 6.08 Å². The van der Waals surface area contributed by atoms with Crippen molar-refractivity contribution in [2.45, 2.75) is 26.2 Å². The van der Waals surface area contributed by atoms with Crippen LogP contribution in [0.25, 0.3) is 0 Å². The first-order valence-corrected chi connectivity index (χ1v) is 5.40. The molecule has 1 fully saturated rings. The number of ketones is 1. The standard InChI is InChI=1S/C12H14O3/c1-8(13)12(4-5-12)9-2-3-10-11(6-9)15-7-14-10/h2-3,9H,4-7H2,1H3. The Bertz CT molecular complexity index is 374. The molecule has 2 aliphatic carbocycles. The second kappa shape index (κ2) is 2.87. The van der Waals surface area contributed by atoms with E-state index in [1.54, 1.807) is 6.92 Å². The highest BCUT2D eigenvalue weighted by atomic mass is 16.7. The van der Waals surface area contributed by atoms with Crippen LogP contribution in [0.3, 0.4) is 0 Å². The quantitative estimate of drug-likeness (QED) is 0.694. The predicted octanol–water partition coefficient (Wildman–Crippen LogP) is 2.15. The van der Waals surface area contributed by atoms with Crippen LogP contribution in [0.2, 0.25) is 0 Å². The molecule has 0 aromatic heterocycles. The van der Waals surface area contributed by atoms with Crippen molar-refractivity contribution in [3.8, 4) is 0 Å². The monoisotopic (exact) mass is 206 g/mol. The molecule has 3 heteroatoms. The number of Topliss-reactive ketones (excluding diaryl/α,β-unsaturated/α-hetero) is 1. The summed E-state index contributed by atoms with van der Waals surface area (Å²) in [6, 6.07) is 0. The second-order valence-corrected chi connectivity index (χ2v) is 4.58. The van der Waals surface area contributed by atoms with Crippen molar-refractivity contribution in [1.82, 2.24) is 0 Å². The Balaban J connectivity index is 1.82. The maximum atomic E-state index is 11.6. The van der Waals surface area contributed by atoms with Gasteiger partial charge in [0.05, 0.1) is 0 Å². The van der Waals surface area contributed by atoms with Gasteiger partial charge >= 0.3 is 0 Å². The molecule has 0 amide bonds. The molecule has 80 valence electrons. The predicted molar refractivity (Wildman–Crippen MR) is 53.7 cm³/mol. The zero-order valence-electron chi connectivity index (χ0n) is 8.79. The lowest BCUT2D eigenvalue weighted by Gasteiger charge is -2.23. The average molecular weight is 206 g/mol. The molecule has 0 aromatic carbocycles. The fraction of sp³-hybridized carbons (Fsp3) is 0.583. The number of hydrogen-bond donors (Lipinski definition) is 0. The summed E-state index contributed by atoms with van der Waals surface area (Å²) < 4.78 is 10.7. The molecule has 3 nitrogen and oxygen atoms in total. The van der Waals surface area contributed by atoms with Gasteiger partial charge in [-0.05, 0) is 31.8 Å². The third-order valence-electron chi connectivity index (χ3n) is 3.81. The fourth-order valence-corrected chi connectivity index (χ4v) is 2.59. The van der Waals surface area contributed by atoms with E-state index >= 15 is 0 Å². The third kappa shape index (κ3) is 1.22. The number of rotatable bonds is 2. The fourth-order valence-electron chi connectivity index (χ4n) is 2.59. The summed E-state index contributed by atoms with van der Waals surface area (Å²) in [5.41, 5.74) is -0.0824. The molecule has 0 N–H and O–H groups in total. The molecule has 0 bridgehead atoms. The lowest BCUT2D eigenvalue weighted by molar-refractivity contribution is -0.123. The Kier molecular flexibility index (Phi) is 1.73. The van der Waals surface area contributed by atoms with Crippen molar-refractivity contribution >= 4 is 5.78 Å². The van der Waals surface area contributed by atoms with Gasteiger partial charge in [0.1, 0.15) is 11.5 Å². The summed E-state index contributed by atoms with van der Waals surface area (Å²) in [7, 11) is 0. The van der Waals surface area contributed by atoms with Gasteiger partial charge < -0.3 is 9.47 Å². The zero-order valence-corrected chi connectivity index (χ0v) is 8.79. The van der Waals surface area contributed by atoms with Gasteiger partial charge in [-0.3, -0.25) is 4.79 Å². The summed E-state index contributed by atoms with van der Waals surface area (Å²) in [5, 5.41) is 0. The first kappa shape index (κ1) is 9.01. The molecule has 1 saturated carbocycles. The molecule has 0 aromatic rings. The van der Waals surface area contributed by atoms with Crippen LogP contribution in [-0.4, -0.2) is 12.6 Å². The maximum absolute atomic E-state index is 11.6. The van der Waals surface area contributed by atoms with Crippen molar-refractivity contribution in [1.29, 1.82) is 0 Å². The number of hydrogen-bond acceptors (Lipinski definition) is 3. The average Bonchev–Trinajstić information content (AvgIpc) is 2.91.